The predicted octanol–water partition coefficient (Wildman–Crippen LogP) is 1.47. The van der Waals surface area contributed by atoms with Crippen LogP contribution in [0.5, 0.6) is 5.75 Å². The van der Waals surface area contributed by atoms with Crippen molar-refractivity contribution < 1.29 is 14.3 Å². The maximum absolute atomic E-state index is 10.5. The van der Waals surface area contributed by atoms with Crippen LogP contribution in [-0.4, -0.2) is 19.2 Å². The molecule has 0 aromatic heterocycles. The van der Waals surface area contributed by atoms with Crippen LogP contribution in [-0.2, 0) is 4.79 Å². The summed E-state index contributed by atoms with van der Waals surface area (Å²) in [7, 11) is 0. The van der Waals surface area contributed by atoms with Gasteiger partial charge in [-0.05, 0) is 12.1 Å². The minimum atomic E-state index is 0.314. The van der Waals surface area contributed by atoms with E-state index in [2.05, 4.69) is 0 Å². The second kappa shape index (κ2) is 5.09. The molecular weight excluding hydrogens is 168 g/mol. The van der Waals surface area contributed by atoms with Gasteiger partial charge in [0.15, 0.2) is 6.29 Å². The average molecular weight is 178 g/mol. The lowest BCUT2D eigenvalue weighted by Gasteiger charge is -2.05. The Hall–Kier alpha value is -1.64. The Bertz CT molecular complexity index is 294. The summed E-state index contributed by atoms with van der Waals surface area (Å²) in [4.78, 5) is 20.5. The minimum absolute atomic E-state index is 0.314. The maximum Gasteiger partial charge on any atom is 0.153 e. The fourth-order valence-corrected chi connectivity index (χ4v) is 0.926. The van der Waals surface area contributed by atoms with Gasteiger partial charge in [0.1, 0.15) is 12.0 Å². The highest BCUT2D eigenvalue weighted by molar-refractivity contribution is 5.79. The van der Waals surface area contributed by atoms with Crippen molar-refractivity contribution in [2.75, 3.05) is 6.61 Å². The molecule has 0 amide bonds. The summed E-state index contributed by atoms with van der Waals surface area (Å²) in [5.74, 6) is 0.527. The smallest absolute Gasteiger partial charge is 0.153 e. The molecular formula is C10H10O3. The molecule has 3 heteroatoms. The summed E-state index contributed by atoms with van der Waals surface area (Å²) in [6.45, 7) is 0.314. The van der Waals surface area contributed by atoms with Gasteiger partial charge in [-0.1, -0.05) is 12.1 Å². The van der Waals surface area contributed by atoms with Crippen LogP contribution in [0.1, 0.15) is 16.8 Å². The Balaban J connectivity index is 2.63. The van der Waals surface area contributed by atoms with Crippen LogP contribution in [0.15, 0.2) is 24.3 Å². The van der Waals surface area contributed by atoms with Crippen LogP contribution in [0, 0.1) is 0 Å². The number of para-hydroxylation sites is 1. The molecule has 0 saturated carbocycles. The van der Waals surface area contributed by atoms with Crippen LogP contribution >= 0.6 is 0 Å². The summed E-state index contributed by atoms with van der Waals surface area (Å²) >= 11 is 0. The van der Waals surface area contributed by atoms with Crippen molar-refractivity contribution in [3.05, 3.63) is 29.8 Å². The SMILES string of the molecule is O=CCCOc1ccccc1C=O. The molecule has 0 unspecified atom stereocenters. The molecule has 68 valence electrons. The maximum atomic E-state index is 10.5. The van der Waals surface area contributed by atoms with Gasteiger partial charge in [0.05, 0.1) is 12.2 Å². The predicted molar refractivity (Wildman–Crippen MR) is 48.0 cm³/mol. The first-order valence-electron chi connectivity index (χ1n) is 3.99. The number of carbonyl (C=O) groups excluding carboxylic acids is 2. The van der Waals surface area contributed by atoms with E-state index >= 15 is 0 Å². The van der Waals surface area contributed by atoms with Gasteiger partial charge in [-0.2, -0.15) is 0 Å². The molecule has 1 aromatic rings. The molecule has 0 aliphatic heterocycles. The van der Waals surface area contributed by atoms with E-state index < -0.39 is 0 Å². The van der Waals surface area contributed by atoms with Gasteiger partial charge in [0.25, 0.3) is 0 Å². The third-order valence-electron chi connectivity index (χ3n) is 1.54. The molecule has 0 radical (unpaired) electrons. The first kappa shape index (κ1) is 9.45. The van der Waals surface area contributed by atoms with E-state index in [1.807, 2.05) is 0 Å². The van der Waals surface area contributed by atoms with Gasteiger partial charge in [-0.3, -0.25) is 4.79 Å². The second-order valence-corrected chi connectivity index (χ2v) is 2.46. The van der Waals surface area contributed by atoms with Gasteiger partial charge in [0, 0.05) is 6.42 Å². The number of carbonyl (C=O) groups is 2. The second-order valence-electron chi connectivity index (χ2n) is 2.46. The Morgan fingerprint density at radius 1 is 1.23 bits per heavy atom. The molecule has 1 aromatic carbocycles. The summed E-state index contributed by atoms with van der Waals surface area (Å²) in [6.07, 6.45) is 1.85. The Morgan fingerprint density at radius 2 is 2.00 bits per heavy atom. The lowest BCUT2D eigenvalue weighted by atomic mass is 10.2. The third-order valence-corrected chi connectivity index (χ3v) is 1.54. The van der Waals surface area contributed by atoms with Crippen molar-refractivity contribution in [1.82, 2.24) is 0 Å². The van der Waals surface area contributed by atoms with Crippen LogP contribution < -0.4 is 4.74 Å². The topological polar surface area (TPSA) is 43.4 Å². The van der Waals surface area contributed by atoms with Crippen molar-refractivity contribution in [3.63, 3.8) is 0 Å². The summed E-state index contributed by atoms with van der Waals surface area (Å²) in [6, 6.07) is 6.91. The molecule has 0 aliphatic carbocycles. The molecule has 3 nitrogen and oxygen atoms in total. The van der Waals surface area contributed by atoms with Crippen LogP contribution in [0.4, 0.5) is 0 Å². The first-order valence-corrected chi connectivity index (χ1v) is 3.99. The molecule has 0 spiro atoms. The lowest BCUT2D eigenvalue weighted by molar-refractivity contribution is -0.108. The van der Waals surface area contributed by atoms with Crippen molar-refractivity contribution in [2.45, 2.75) is 6.42 Å². The normalized spacial score (nSPS) is 9.23. The lowest BCUT2D eigenvalue weighted by Crippen LogP contribution is -1.99. The van der Waals surface area contributed by atoms with E-state index in [1.165, 1.54) is 0 Å². The molecule has 0 bridgehead atoms. The zero-order valence-electron chi connectivity index (χ0n) is 7.10. The van der Waals surface area contributed by atoms with Crippen molar-refractivity contribution >= 4 is 12.6 Å². The number of hydrogen-bond donors (Lipinski definition) is 0. The highest BCUT2D eigenvalue weighted by Crippen LogP contribution is 2.15. The molecule has 0 heterocycles. The van der Waals surface area contributed by atoms with E-state index in [4.69, 9.17) is 4.74 Å². The third kappa shape index (κ3) is 2.71. The first-order chi connectivity index (χ1) is 6.38. The summed E-state index contributed by atoms with van der Waals surface area (Å²) in [5.41, 5.74) is 0.508. The van der Waals surface area contributed by atoms with E-state index in [1.54, 1.807) is 24.3 Å². The zero-order chi connectivity index (χ0) is 9.52. The summed E-state index contributed by atoms with van der Waals surface area (Å²) in [5, 5.41) is 0. The fourth-order valence-electron chi connectivity index (χ4n) is 0.926. The Labute approximate surface area is 76.3 Å². The van der Waals surface area contributed by atoms with Crippen LogP contribution in [0.2, 0.25) is 0 Å². The summed E-state index contributed by atoms with van der Waals surface area (Å²) < 4.78 is 5.21. The molecule has 0 aliphatic rings. The highest BCUT2D eigenvalue weighted by atomic mass is 16.5. The van der Waals surface area contributed by atoms with E-state index in [0.717, 1.165) is 12.6 Å². The molecule has 1 rings (SSSR count). The number of rotatable bonds is 5. The molecule has 0 atom stereocenters. The number of hydrogen-bond acceptors (Lipinski definition) is 3. The van der Waals surface area contributed by atoms with Crippen LogP contribution in [0.3, 0.4) is 0 Å². The van der Waals surface area contributed by atoms with Crippen molar-refractivity contribution in [1.29, 1.82) is 0 Å². The standard InChI is InChI=1S/C10H10O3/c11-6-3-7-13-10-5-2-1-4-9(10)8-12/h1-2,4-6,8H,3,7H2. The number of ether oxygens (including phenoxy) is 1. The zero-order valence-corrected chi connectivity index (χ0v) is 7.10. The fraction of sp³-hybridized carbons (Fsp3) is 0.200. The van der Waals surface area contributed by atoms with Gasteiger partial charge < -0.3 is 9.53 Å². The van der Waals surface area contributed by atoms with E-state index in [9.17, 15) is 9.59 Å². The van der Waals surface area contributed by atoms with Gasteiger partial charge in [0.2, 0.25) is 0 Å². The van der Waals surface area contributed by atoms with Crippen LogP contribution in [0.25, 0.3) is 0 Å². The van der Waals surface area contributed by atoms with Gasteiger partial charge in [-0.25, -0.2) is 0 Å². The molecule has 0 saturated heterocycles. The quantitative estimate of drug-likeness (QED) is 0.506. The van der Waals surface area contributed by atoms with Crippen molar-refractivity contribution in [2.24, 2.45) is 0 Å². The highest BCUT2D eigenvalue weighted by Gasteiger charge is 1.99. The van der Waals surface area contributed by atoms with Gasteiger partial charge in [-0.15, -0.1) is 0 Å². The Kier molecular flexibility index (Phi) is 3.70. The number of aldehydes is 2. The largest absolute Gasteiger partial charge is 0.492 e. The Morgan fingerprint density at radius 3 is 2.69 bits per heavy atom. The monoisotopic (exact) mass is 178 g/mol. The number of benzene rings is 1. The molecule has 0 fully saturated rings. The average Bonchev–Trinajstić information content (AvgIpc) is 2.19. The minimum Gasteiger partial charge on any atom is -0.492 e. The van der Waals surface area contributed by atoms with E-state index in [0.29, 0.717) is 24.3 Å². The van der Waals surface area contributed by atoms with E-state index in [-0.39, 0.29) is 0 Å². The molecule has 0 N–H and O–H groups in total. The van der Waals surface area contributed by atoms with Gasteiger partial charge >= 0.3 is 0 Å². The molecule has 13 heavy (non-hydrogen) atoms. The van der Waals surface area contributed by atoms with Crippen molar-refractivity contribution in [3.8, 4) is 5.75 Å².